The van der Waals surface area contributed by atoms with E-state index in [0.29, 0.717) is 11.8 Å². The minimum Gasteiger partial charge on any atom is -0.481 e. The van der Waals surface area contributed by atoms with Gasteiger partial charge in [0.1, 0.15) is 5.82 Å². The molecule has 124 valence electrons. The first-order valence-corrected chi connectivity index (χ1v) is 8.78. The van der Waals surface area contributed by atoms with Gasteiger partial charge < -0.3 is 9.72 Å². The van der Waals surface area contributed by atoms with Gasteiger partial charge >= 0.3 is 0 Å². The van der Waals surface area contributed by atoms with Crippen molar-refractivity contribution in [1.82, 2.24) is 15.0 Å². The number of hydrogen-bond donors (Lipinski definition) is 1. The molecule has 2 heterocycles. The summed E-state index contributed by atoms with van der Waals surface area (Å²) in [6.07, 6.45) is 7.12. The number of fused-ring (bicyclic) bond motifs is 3. The molecular weight excluding hydrogens is 322 g/mol. The summed E-state index contributed by atoms with van der Waals surface area (Å²) < 4.78 is 5.24. The van der Waals surface area contributed by atoms with Gasteiger partial charge in [0, 0.05) is 39.8 Å². The van der Waals surface area contributed by atoms with E-state index in [1.165, 1.54) is 22.2 Å². The molecule has 1 aliphatic rings. The predicted molar refractivity (Wildman–Crippen MR) is 95.9 cm³/mol. The first-order chi connectivity index (χ1) is 11.7. The van der Waals surface area contributed by atoms with Crippen LogP contribution in [0.2, 0.25) is 5.02 Å². The third-order valence-electron chi connectivity index (χ3n) is 4.90. The summed E-state index contributed by atoms with van der Waals surface area (Å²) in [6.45, 7) is 0. The molecule has 4 nitrogen and oxygen atoms in total. The molecule has 0 aliphatic heterocycles. The molecule has 1 N–H and O–H groups in total. The third-order valence-corrected chi connectivity index (χ3v) is 5.14. The zero-order chi connectivity index (χ0) is 16.5. The van der Waals surface area contributed by atoms with Crippen LogP contribution in [-0.2, 0) is 12.8 Å². The lowest BCUT2D eigenvalue weighted by molar-refractivity contribution is 0.390. The number of methoxy groups -OCH3 is 1. The second-order valence-corrected chi connectivity index (χ2v) is 6.79. The third kappa shape index (κ3) is 2.86. The zero-order valence-electron chi connectivity index (χ0n) is 13.7. The van der Waals surface area contributed by atoms with Crippen LogP contribution in [0.3, 0.4) is 0 Å². The van der Waals surface area contributed by atoms with Crippen molar-refractivity contribution >= 4 is 22.5 Å². The molecule has 0 saturated carbocycles. The first-order valence-electron chi connectivity index (χ1n) is 8.40. The SMILES string of the molecule is COc1ccnc(C2CCCc3c([nH]c4ccc(Cl)cc34)CC2)n1. The summed E-state index contributed by atoms with van der Waals surface area (Å²) in [5, 5.41) is 2.07. The molecule has 0 bridgehead atoms. The topological polar surface area (TPSA) is 50.8 Å². The number of hydrogen-bond acceptors (Lipinski definition) is 3. The van der Waals surface area contributed by atoms with Crippen LogP contribution in [0.4, 0.5) is 0 Å². The smallest absolute Gasteiger partial charge is 0.216 e. The minimum absolute atomic E-state index is 0.378. The Kier molecular flexibility index (Phi) is 4.15. The molecule has 5 heteroatoms. The van der Waals surface area contributed by atoms with Gasteiger partial charge in [-0.3, -0.25) is 0 Å². The van der Waals surface area contributed by atoms with Crippen molar-refractivity contribution in [3.05, 3.63) is 52.6 Å². The molecule has 0 fully saturated rings. The molecule has 2 aromatic heterocycles. The van der Waals surface area contributed by atoms with Gasteiger partial charge in [-0.05, 0) is 55.9 Å². The molecule has 1 atom stereocenters. The molecule has 1 aromatic carbocycles. The van der Waals surface area contributed by atoms with Gasteiger partial charge in [-0.1, -0.05) is 11.6 Å². The van der Waals surface area contributed by atoms with Gasteiger partial charge in [-0.25, -0.2) is 4.98 Å². The number of H-pyrrole nitrogens is 1. The van der Waals surface area contributed by atoms with Crippen LogP contribution in [0.5, 0.6) is 5.88 Å². The average molecular weight is 342 g/mol. The average Bonchev–Trinajstić information content (AvgIpc) is 2.91. The quantitative estimate of drug-likeness (QED) is 0.736. The van der Waals surface area contributed by atoms with Crippen LogP contribution < -0.4 is 4.74 Å². The fourth-order valence-corrected chi connectivity index (χ4v) is 3.86. The second kappa shape index (κ2) is 6.44. The molecule has 24 heavy (non-hydrogen) atoms. The Morgan fingerprint density at radius 3 is 3.00 bits per heavy atom. The molecule has 0 spiro atoms. The maximum atomic E-state index is 6.18. The van der Waals surface area contributed by atoms with Gasteiger partial charge in [0.25, 0.3) is 0 Å². The fraction of sp³-hybridized carbons (Fsp3) is 0.368. The van der Waals surface area contributed by atoms with E-state index >= 15 is 0 Å². The molecule has 0 amide bonds. The number of benzene rings is 1. The number of halogens is 1. The van der Waals surface area contributed by atoms with E-state index in [9.17, 15) is 0 Å². The lowest BCUT2D eigenvalue weighted by atomic mass is 9.89. The van der Waals surface area contributed by atoms with E-state index in [0.717, 1.165) is 43.0 Å². The summed E-state index contributed by atoms with van der Waals surface area (Å²) in [5.74, 6) is 1.92. The van der Waals surface area contributed by atoms with Gasteiger partial charge in [0.15, 0.2) is 0 Å². The summed E-state index contributed by atoms with van der Waals surface area (Å²) in [6, 6.07) is 7.90. The lowest BCUT2D eigenvalue weighted by Gasteiger charge is -2.19. The van der Waals surface area contributed by atoms with Crippen LogP contribution >= 0.6 is 11.6 Å². The van der Waals surface area contributed by atoms with Crippen molar-refractivity contribution in [3.8, 4) is 5.88 Å². The first kappa shape index (κ1) is 15.5. The Morgan fingerprint density at radius 1 is 1.21 bits per heavy atom. The Balaban J connectivity index is 1.63. The van der Waals surface area contributed by atoms with Crippen molar-refractivity contribution < 1.29 is 4.74 Å². The van der Waals surface area contributed by atoms with Crippen molar-refractivity contribution in [1.29, 1.82) is 0 Å². The number of ether oxygens (including phenoxy) is 1. The van der Waals surface area contributed by atoms with E-state index in [-0.39, 0.29) is 0 Å². The summed E-state index contributed by atoms with van der Waals surface area (Å²) in [4.78, 5) is 12.6. The highest BCUT2D eigenvalue weighted by atomic mass is 35.5. The molecule has 0 saturated heterocycles. The standard InChI is InChI=1S/C19H20ClN3O/c1-24-18-9-10-21-19(23-18)12-3-2-4-14-15-11-13(20)6-8-17(15)22-16(14)7-5-12/h6,8-12,22H,2-5,7H2,1H3. The van der Waals surface area contributed by atoms with Crippen LogP contribution in [0.25, 0.3) is 10.9 Å². The second-order valence-electron chi connectivity index (χ2n) is 6.36. The monoisotopic (exact) mass is 341 g/mol. The maximum absolute atomic E-state index is 6.18. The number of nitrogens with zero attached hydrogens (tertiary/aromatic N) is 2. The normalized spacial score (nSPS) is 18.0. The maximum Gasteiger partial charge on any atom is 0.216 e. The number of aryl methyl sites for hydroxylation is 2. The summed E-state index contributed by atoms with van der Waals surface area (Å²) in [7, 11) is 1.64. The Bertz CT molecular complexity index is 874. The van der Waals surface area contributed by atoms with Crippen molar-refractivity contribution in [2.24, 2.45) is 0 Å². The summed E-state index contributed by atoms with van der Waals surface area (Å²) in [5.41, 5.74) is 3.94. The molecule has 1 unspecified atom stereocenters. The molecular formula is C19H20ClN3O. The van der Waals surface area contributed by atoms with Gasteiger partial charge in [0.2, 0.25) is 5.88 Å². The van der Waals surface area contributed by atoms with Crippen molar-refractivity contribution in [3.63, 3.8) is 0 Å². The van der Waals surface area contributed by atoms with Crippen molar-refractivity contribution in [2.45, 2.75) is 38.0 Å². The number of aromatic amines is 1. The highest BCUT2D eigenvalue weighted by Crippen LogP contribution is 2.34. The largest absolute Gasteiger partial charge is 0.481 e. The molecule has 3 aromatic rings. The van der Waals surface area contributed by atoms with E-state index in [1.807, 2.05) is 6.07 Å². The number of aromatic nitrogens is 3. The highest BCUT2D eigenvalue weighted by molar-refractivity contribution is 6.31. The van der Waals surface area contributed by atoms with E-state index < -0.39 is 0 Å². The van der Waals surface area contributed by atoms with Gasteiger partial charge in [0.05, 0.1) is 7.11 Å². The number of rotatable bonds is 2. The van der Waals surface area contributed by atoms with Crippen LogP contribution in [-0.4, -0.2) is 22.1 Å². The lowest BCUT2D eigenvalue weighted by Crippen LogP contribution is -2.10. The Labute approximate surface area is 146 Å². The van der Waals surface area contributed by atoms with Crippen molar-refractivity contribution in [2.75, 3.05) is 7.11 Å². The van der Waals surface area contributed by atoms with Gasteiger partial charge in [-0.2, -0.15) is 4.98 Å². The fourth-order valence-electron chi connectivity index (χ4n) is 3.69. The van der Waals surface area contributed by atoms with E-state index in [1.54, 1.807) is 19.4 Å². The Morgan fingerprint density at radius 2 is 2.12 bits per heavy atom. The summed E-state index contributed by atoms with van der Waals surface area (Å²) >= 11 is 6.18. The Hall–Kier alpha value is -2.07. The van der Waals surface area contributed by atoms with Crippen LogP contribution in [0, 0.1) is 0 Å². The van der Waals surface area contributed by atoms with Crippen LogP contribution in [0.1, 0.15) is 42.3 Å². The van der Waals surface area contributed by atoms with E-state index in [2.05, 4.69) is 27.1 Å². The zero-order valence-corrected chi connectivity index (χ0v) is 14.4. The molecule has 4 rings (SSSR count). The van der Waals surface area contributed by atoms with E-state index in [4.69, 9.17) is 16.3 Å². The predicted octanol–water partition coefficient (Wildman–Crippen LogP) is 4.67. The van der Waals surface area contributed by atoms with Crippen LogP contribution in [0.15, 0.2) is 30.5 Å². The molecule has 1 aliphatic carbocycles. The number of nitrogens with one attached hydrogen (secondary N) is 1. The minimum atomic E-state index is 0.378. The van der Waals surface area contributed by atoms with Gasteiger partial charge in [-0.15, -0.1) is 0 Å². The molecule has 0 radical (unpaired) electrons. The highest BCUT2D eigenvalue weighted by Gasteiger charge is 2.21.